The zero-order valence-electron chi connectivity index (χ0n) is 16.4. The van der Waals surface area contributed by atoms with Crippen molar-refractivity contribution in [2.24, 2.45) is 5.73 Å². The fourth-order valence-electron chi connectivity index (χ4n) is 4.21. The molecule has 1 saturated heterocycles. The maximum atomic E-state index is 13.8. The average molecular weight is 399 g/mol. The third-order valence-corrected chi connectivity index (χ3v) is 5.65. The van der Waals surface area contributed by atoms with E-state index in [9.17, 15) is 9.59 Å². The summed E-state index contributed by atoms with van der Waals surface area (Å²) in [6, 6.07) is 19.1. The number of carbonyl (C=O) groups excluding carboxylic acids is 2. The second-order valence-electron chi connectivity index (χ2n) is 7.40. The maximum Gasteiger partial charge on any atom is 0.255 e. The van der Waals surface area contributed by atoms with Gasteiger partial charge in [0.05, 0.1) is 29.9 Å². The van der Waals surface area contributed by atoms with Crippen LogP contribution in [0.4, 0.5) is 0 Å². The number of carbonyl (C=O) groups is 2. The second kappa shape index (κ2) is 7.31. The number of primary amides is 1. The maximum absolute atomic E-state index is 13.8. The number of nitrogens with one attached hydrogen (secondary N) is 1. The van der Waals surface area contributed by atoms with Crippen molar-refractivity contribution in [3.8, 4) is 11.1 Å². The van der Waals surface area contributed by atoms with Crippen LogP contribution in [-0.4, -0.2) is 48.0 Å². The van der Waals surface area contributed by atoms with Crippen LogP contribution in [0.1, 0.15) is 20.7 Å². The minimum absolute atomic E-state index is 0.0667. The molecule has 2 amide bonds. The molecule has 2 heterocycles. The van der Waals surface area contributed by atoms with Gasteiger partial charge in [0.2, 0.25) is 0 Å². The number of morpholine rings is 1. The Bertz CT molecular complexity index is 1270. The third-order valence-electron chi connectivity index (χ3n) is 5.65. The van der Waals surface area contributed by atoms with Crippen LogP contribution in [0, 0.1) is 0 Å². The summed E-state index contributed by atoms with van der Waals surface area (Å²) in [5, 5.41) is 1.63. The molecule has 6 heteroatoms. The summed E-state index contributed by atoms with van der Waals surface area (Å²) in [6.07, 6.45) is 0. The van der Waals surface area contributed by atoms with E-state index in [1.165, 1.54) is 0 Å². The van der Waals surface area contributed by atoms with Crippen LogP contribution < -0.4 is 5.73 Å². The fraction of sp³-hybridized carbons (Fsp3) is 0.167. The van der Waals surface area contributed by atoms with Gasteiger partial charge in [-0.2, -0.15) is 0 Å². The molecule has 1 aromatic heterocycles. The molecule has 0 atom stereocenters. The van der Waals surface area contributed by atoms with Crippen molar-refractivity contribution in [1.82, 2.24) is 9.88 Å². The largest absolute Gasteiger partial charge is 0.378 e. The highest BCUT2D eigenvalue weighted by atomic mass is 16.5. The Hall–Kier alpha value is -3.64. The van der Waals surface area contributed by atoms with Crippen LogP contribution in [0.25, 0.3) is 32.9 Å². The predicted molar refractivity (Wildman–Crippen MR) is 116 cm³/mol. The highest BCUT2D eigenvalue weighted by Gasteiger charge is 2.28. The average Bonchev–Trinajstić information content (AvgIpc) is 3.18. The van der Waals surface area contributed by atoms with E-state index < -0.39 is 5.91 Å². The normalized spacial score (nSPS) is 14.3. The van der Waals surface area contributed by atoms with Gasteiger partial charge in [0.15, 0.2) is 0 Å². The molecular formula is C24H21N3O3. The lowest BCUT2D eigenvalue weighted by Crippen LogP contribution is -2.41. The Morgan fingerprint density at radius 3 is 2.40 bits per heavy atom. The molecule has 150 valence electrons. The van der Waals surface area contributed by atoms with Gasteiger partial charge in [-0.15, -0.1) is 0 Å². The molecule has 3 N–H and O–H groups in total. The summed E-state index contributed by atoms with van der Waals surface area (Å²) in [6.45, 7) is 2.11. The highest BCUT2D eigenvalue weighted by molar-refractivity contribution is 6.24. The van der Waals surface area contributed by atoms with Crippen molar-refractivity contribution >= 4 is 33.6 Å². The van der Waals surface area contributed by atoms with E-state index in [4.69, 9.17) is 10.5 Å². The standard InChI is InChI=1S/C24H21N3O3/c25-23(28)18-14-17(15-6-2-1-3-7-15)21(24(29)27-10-12-30-13-11-27)20-16-8-4-5-9-19(16)26-22(18)20/h1-9,14,26H,10-13H2,(H2,25,28). The smallest absolute Gasteiger partial charge is 0.255 e. The number of aromatic amines is 1. The van der Waals surface area contributed by atoms with Crippen molar-refractivity contribution in [3.05, 3.63) is 71.8 Å². The van der Waals surface area contributed by atoms with Crippen LogP contribution in [0.2, 0.25) is 0 Å². The lowest BCUT2D eigenvalue weighted by molar-refractivity contribution is 0.0304. The summed E-state index contributed by atoms with van der Waals surface area (Å²) in [5.74, 6) is -0.600. The number of para-hydroxylation sites is 1. The van der Waals surface area contributed by atoms with Crippen LogP contribution in [0.15, 0.2) is 60.7 Å². The van der Waals surface area contributed by atoms with E-state index in [1.807, 2.05) is 59.5 Å². The quantitative estimate of drug-likeness (QED) is 0.552. The molecule has 1 aliphatic rings. The Labute approximate surface area is 173 Å². The topological polar surface area (TPSA) is 88.4 Å². The number of hydrogen-bond acceptors (Lipinski definition) is 3. The first-order valence-electron chi connectivity index (χ1n) is 9.95. The Kier molecular flexibility index (Phi) is 4.48. The number of nitrogens with zero attached hydrogens (tertiary/aromatic N) is 1. The van der Waals surface area contributed by atoms with Crippen molar-refractivity contribution in [2.75, 3.05) is 26.3 Å². The van der Waals surface area contributed by atoms with Gasteiger partial charge < -0.3 is 20.4 Å². The van der Waals surface area contributed by atoms with Gasteiger partial charge in [0, 0.05) is 29.4 Å². The van der Waals surface area contributed by atoms with Crippen molar-refractivity contribution in [3.63, 3.8) is 0 Å². The molecule has 0 bridgehead atoms. The molecule has 0 radical (unpaired) electrons. The summed E-state index contributed by atoms with van der Waals surface area (Å²) in [4.78, 5) is 31.2. The van der Waals surface area contributed by atoms with Crippen LogP contribution in [0.3, 0.4) is 0 Å². The molecular weight excluding hydrogens is 378 g/mol. The Morgan fingerprint density at radius 1 is 0.967 bits per heavy atom. The van der Waals surface area contributed by atoms with E-state index in [0.29, 0.717) is 48.5 Å². The number of ether oxygens (including phenoxy) is 1. The summed E-state index contributed by atoms with van der Waals surface area (Å²) < 4.78 is 5.43. The lowest BCUT2D eigenvalue weighted by Gasteiger charge is -2.28. The minimum atomic E-state index is -0.533. The molecule has 1 fully saturated rings. The van der Waals surface area contributed by atoms with Gasteiger partial charge in [-0.1, -0.05) is 48.5 Å². The van der Waals surface area contributed by atoms with Gasteiger partial charge in [0.25, 0.3) is 11.8 Å². The zero-order valence-corrected chi connectivity index (χ0v) is 16.4. The molecule has 4 aromatic rings. The fourth-order valence-corrected chi connectivity index (χ4v) is 4.21. The summed E-state index contributed by atoms with van der Waals surface area (Å²) >= 11 is 0. The molecule has 0 unspecified atom stereocenters. The first-order valence-corrected chi connectivity index (χ1v) is 9.95. The number of aromatic nitrogens is 1. The van der Waals surface area contributed by atoms with Crippen LogP contribution in [-0.2, 0) is 4.74 Å². The molecule has 1 aliphatic heterocycles. The number of fused-ring (bicyclic) bond motifs is 3. The molecule has 30 heavy (non-hydrogen) atoms. The molecule has 0 aliphatic carbocycles. The van der Waals surface area contributed by atoms with Crippen LogP contribution >= 0.6 is 0 Å². The number of nitrogens with two attached hydrogens (primary N) is 1. The molecule has 0 spiro atoms. The number of hydrogen-bond donors (Lipinski definition) is 2. The first kappa shape index (κ1) is 18.4. The number of rotatable bonds is 3. The Morgan fingerprint density at radius 2 is 1.67 bits per heavy atom. The van der Waals surface area contributed by atoms with E-state index >= 15 is 0 Å². The first-order chi connectivity index (χ1) is 14.6. The number of H-pyrrole nitrogens is 1. The summed E-state index contributed by atoms with van der Waals surface area (Å²) in [5.41, 5.74) is 9.73. The van der Waals surface area contributed by atoms with E-state index in [2.05, 4.69) is 4.98 Å². The van der Waals surface area contributed by atoms with Crippen molar-refractivity contribution in [2.45, 2.75) is 0 Å². The van der Waals surface area contributed by atoms with Crippen molar-refractivity contribution in [1.29, 1.82) is 0 Å². The zero-order chi connectivity index (χ0) is 20.7. The van der Waals surface area contributed by atoms with Gasteiger partial charge >= 0.3 is 0 Å². The molecule has 5 rings (SSSR count). The second-order valence-corrected chi connectivity index (χ2v) is 7.40. The van der Waals surface area contributed by atoms with Gasteiger partial charge in [0.1, 0.15) is 0 Å². The van der Waals surface area contributed by atoms with E-state index in [1.54, 1.807) is 6.07 Å². The molecule has 6 nitrogen and oxygen atoms in total. The molecule has 3 aromatic carbocycles. The number of benzene rings is 3. The monoisotopic (exact) mass is 399 g/mol. The molecule has 0 saturated carbocycles. The van der Waals surface area contributed by atoms with Crippen LogP contribution in [0.5, 0.6) is 0 Å². The Balaban J connectivity index is 1.90. The van der Waals surface area contributed by atoms with Gasteiger partial charge in [-0.05, 0) is 23.3 Å². The lowest BCUT2D eigenvalue weighted by atomic mass is 9.91. The highest BCUT2D eigenvalue weighted by Crippen LogP contribution is 2.38. The third kappa shape index (κ3) is 2.93. The van der Waals surface area contributed by atoms with E-state index in [-0.39, 0.29) is 5.91 Å². The van der Waals surface area contributed by atoms with Gasteiger partial charge in [-0.25, -0.2) is 0 Å². The van der Waals surface area contributed by atoms with E-state index in [0.717, 1.165) is 21.9 Å². The van der Waals surface area contributed by atoms with Gasteiger partial charge in [-0.3, -0.25) is 9.59 Å². The number of amides is 2. The summed E-state index contributed by atoms with van der Waals surface area (Å²) in [7, 11) is 0. The minimum Gasteiger partial charge on any atom is -0.378 e. The van der Waals surface area contributed by atoms with Crippen molar-refractivity contribution < 1.29 is 14.3 Å². The predicted octanol–water partition coefficient (Wildman–Crippen LogP) is 3.56. The SMILES string of the molecule is NC(=O)c1cc(-c2ccccc2)c(C(=O)N2CCOCC2)c2c1[nH]c1ccccc12.